The zero-order chi connectivity index (χ0) is 19.7. The lowest BCUT2D eigenvalue weighted by Crippen LogP contribution is -2.37. The minimum atomic E-state index is -3.65. The summed E-state index contributed by atoms with van der Waals surface area (Å²) in [5.41, 5.74) is 4.67. The van der Waals surface area contributed by atoms with Gasteiger partial charge in [-0.2, -0.15) is 0 Å². The normalized spacial score (nSPS) is 16.0. The summed E-state index contributed by atoms with van der Waals surface area (Å²) in [4.78, 5) is 14.2. The number of amides is 1. The Kier molecular flexibility index (Phi) is 5.12. The van der Waals surface area contributed by atoms with Gasteiger partial charge in [0.15, 0.2) is 0 Å². The topological polar surface area (TPSA) is 75.7 Å². The van der Waals surface area contributed by atoms with Crippen LogP contribution in [0.5, 0.6) is 0 Å². The fourth-order valence-electron chi connectivity index (χ4n) is 3.98. The van der Waals surface area contributed by atoms with Crippen molar-refractivity contribution in [1.29, 1.82) is 0 Å². The van der Waals surface area contributed by atoms with E-state index in [0.29, 0.717) is 36.6 Å². The first-order valence-corrected chi connectivity index (χ1v) is 11.0. The first-order chi connectivity index (χ1) is 13.5. The maximum absolute atomic E-state index is 12.8. The lowest BCUT2D eigenvalue weighted by atomic mass is 10.0. The Balaban J connectivity index is 1.58. The summed E-state index contributed by atoms with van der Waals surface area (Å²) >= 11 is 0. The quantitative estimate of drug-likeness (QED) is 0.809. The highest BCUT2D eigenvalue weighted by Gasteiger charge is 2.25. The first kappa shape index (κ1) is 19.0. The molecule has 0 spiro atoms. The number of carbonyl (C=O) groups excluding carboxylic acids is 1. The lowest BCUT2D eigenvalue weighted by Gasteiger charge is -2.29. The van der Waals surface area contributed by atoms with Gasteiger partial charge in [0.05, 0.1) is 11.5 Å². The summed E-state index contributed by atoms with van der Waals surface area (Å²) in [5, 5.41) is 0. The monoisotopic (exact) mass is 400 g/mol. The van der Waals surface area contributed by atoms with Crippen LogP contribution in [0.3, 0.4) is 0 Å². The highest BCUT2D eigenvalue weighted by atomic mass is 32.2. The molecule has 1 amide bonds. The Bertz CT molecular complexity index is 1020. The van der Waals surface area contributed by atoms with Crippen LogP contribution in [-0.4, -0.2) is 34.6 Å². The Morgan fingerprint density at radius 3 is 2.64 bits per heavy atom. The molecular formula is C21H24N2O4S. The van der Waals surface area contributed by atoms with Gasteiger partial charge in [-0.05, 0) is 72.7 Å². The van der Waals surface area contributed by atoms with Crippen LogP contribution < -0.4 is 9.62 Å². The van der Waals surface area contributed by atoms with E-state index < -0.39 is 10.0 Å². The molecule has 28 heavy (non-hydrogen) atoms. The van der Waals surface area contributed by atoms with E-state index >= 15 is 0 Å². The zero-order valence-electron chi connectivity index (χ0n) is 15.9. The number of aryl methyl sites for hydroxylation is 3. The molecule has 6 nitrogen and oxygen atoms in total. The van der Waals surface area contributed by atoms with Crippen molar-refractivity contribution >= 4 is 27.3 Å². The third-order valence-electron chi connectivity index (χ3n) is 5.43. The molecule has 2 aromatic carbocycles. The molecule has 148 valence electrons. The van der Waals surface area contributed by atoms with Gasteiger partial charge in [0.1, 0.15) is 0 Å². The average molecular weight is 401 g/mol. The summed E-state index contributed by atoms with van der Waals surface area (Å²) in [6.45, 7) is 0.945. The molecule has 1 aliphatic carbocycles. The Hall–Kier alpha value is -2.38. The molecule has 1 heterocycles. The smallest absolute Gasteiger partial charge is 0.261 e. The van der Waals surface area contributed by atoms with Crippen LogP contribution in [0.4, 0.5) is 11.4 Å². The van der Waals surface area contributed by atoms with E-state index in [1.165, 1.54) is 5.56 Å². The molecule has 7 heteroatoms. The Labute approximate surface area is 165 Å². The number of anilines is 2. The van der Waals surface area contributed by atoms with Crippen molar-refractivity contribution in [2.24, 2.45) is 0 Å². The number of hydrogen-bond acceptors (Lipinski definition) is 4. The molecule has 0 radical (unpaired) electrons. The van der Waals surface area contributed by atoms with E-state index in [4.69, 9.17) is 4.74 Å². The number of rotatable bonds is 6. The molecule has 0 unspecified atom stereocenters. The zero-order valence-corrected chi connectivity index (χ0v) is 16.7. The molecule has 0 bridgehead atoms. The highest BCUT2D eigenvalue weighted by Crippen LogP contribution is 2.31. The van der Waals surface area contributed by atoms with Crippen molar-refractivity contribution in [3.8, 4) is 0 Å². The number of fused-ring (bicyclic) bond motifs is 2. The Morgan fingerprint density at radius 1 is 1.00 bits per heavy atom. The van der Waals surface area contributed by atoms with Gasteiger partial charge in [-0.3, -0.25) is 9.52 Å². The molecule has 0 atom stereocenters. The molecule has 0 saturated heterocycles. The Morgan fingerprint density at radius 2 is 1.82 bits per heavy atom. The van der Waals surface area contributed by atoms with E-state index in [0.717, 1.165) is 36.1 Å². The van der Waals surface area contributed by atoms with Crippen molar-refractivity contribution in [3.05, 3.63) is 53.1 Å². The largest absolute Gasteiger partial charge is 0.383 e. The van der Waals surface area contributed by atoms with Crippen LogP contribution in [0.15, 0.2) is 41.3 Å². The second-order valence-corrected chi connectivity index (χ2v) is 8.95. The van der Waals surface area contributed by atoms with Crippen molar-refractivity contribution < 1.29 is 17.9 Å². The summed E-state index contributed by atoms with van der Waals surface area (Å²) in [6, 6.07) is 10.7. The standard InChI is InChI=1S/C21H24N2O4S/c1-27-12-11-23-20-9-7-18(13-17(20)6-10-21(23)24)22-28(25,26)19-8-5-15-3-2-4-16(15)14-19/h5,7-9,13-14,22H,2-4,6,10-12H2,1H3. The number of benzene rings is 2. The van der Waals surface area contributed by atoms with Crippen LogP contribution in [0, 0.1) is 0 Å². The molecule has 0 saturated carbocycles. The number of methoxy groups -OCH3 is 1. The van der Waals surface area contributed by atoms with Gasteiger partial charge >= 0.3 is 0 Å². The van der Waals surface area contributed by atoms with Gasteiger partial charge < -0.3 is 9.64 Å². The lowest BCUT2D eigenvalue weighted by molar-refractivity contribution is -0.119. The third-order valence-corrected chi connectivity index (χ3v) is 6.81. The minimum absolute atomic E-state index is 0.0658. The van der Waals surface area contributed by atoms with Crippen molar-refractivity contribution in [3.63, 3.8) is 0 Å². The number of carbonyl (C=O) groups is 1. The second kappa shape index (κ2) is 7.56. The van der Waals surface area contributed by atoms with Crippen molar-refractivity contribution in [2.75, 3.05) is 29.9 Å². The van der Waals surface area contributed by atoms with E-state index in [-0.39, 0.29) is 5.91 Å². The second-order valence-electron chi connectivity index (χ2n) is 7.27. The van der Waals surface area contributed by atoms with E-state index in [2.05, 4.69) is 4.72 Å². The van der Waals surface area contributed by atoms with Gasteiger partial charge in [0.2, 0.25) is 5.91 Å². The predicted molar refractivity (Wildman–Crippen MR) is 108 cm³/mol. The van der Waals surface area contributed by atoms with Gasteiger partial charge in [0.25, 0.3) is 10.0 Å². The van der Waals surface area contributed by atoms with Crippen LogP contribution in [0.1, 0.15) is 29.5 Å². The van der Waals surface area contributed by atoms with Crippen LogP contribution in [0.25, 0.3) is 0 Å². The molecule has 2 aliphatic rings. The van der Waals surface area contributed by atoms with E-state index in [1.54, 1.807) is 30.2 Å². The molecule has 1 aliphatic heterocycles. The van der Waals surface area contributed by atoms with E-state index in [9.17, 15) is 13.2 Å². The highest BCUT2D eigenvalue weighted by molar-refractivity contribution is 7.92. The van der Waals surface area contributed by atoms with Gasteiger partial charge in [0, 0.05) is 31.5 Å². The minimum Gasteiger partial charge on any atom is -0.383 e. The fraction of sp³-hybridized carbons (Fsp3) is 0.381. The number of nitrogens with one attached hydrogen (secondary N) is 1. The summed E-state index contributed by atoms with van der Waals surface area (Å²) in [6.07, 6.45) is 4.05. The van der Waals surface area contributed by atoms with E-state index in [1.807, 2.05) is 18.2 Å². The number of sulfonamides is 1. The van der Waals surface area contributed by atoms with Gasteiger partial charge in [-0.15, -0.1) is 0 Å². The number of hydrogen-bond donors (Lipinski definition) is 1. The molecule has 1 N–H and O–H groups in total. The fourth-order valence-corrected chi connectivity index (χ4v) is 5.08. The first-order valence-electron chi connectivity index (χ1n) is 9.55. The predicted octanol–water partition coefficient (Wildman–Crippen LogP) is 2.90. The molecule has 2 aromatic rings. The number of nitrogens with zero attached hydrogens (tertiary/aromatic N) is 1. The maximum atomic E-state index is 12.8. The van der Waals surface area contributed by atoms with Crippen LogP contribution in [-0.2, 0) is 38.8 Å². The van der Waals surface area contributed by atoms with Crippen LogP contribution in [0.2, 0.25) is 0 Å². The van der Waals surface area contributed by atoms with Crippen molar-refractivity contribution in [2.45, 2.75) is 37.0 Å². The molecular weight excluding hydrogens is 376 g/mol. The van der Waals surface area contributed by atoms with Gasteiger partial charge in [-0.25, -0.2) is 8.42 Å². The third kappa shape index (κ3) is 3.64. The molecule has 4 rings (SSSR count). The average Bonchev–Trinajstić information content (AvgIpc) is 3.15. The summed E-state index contributed by atoms with van der Waals surface area (Å²) < 4.78 is 33.5. The molecule has 0 fully saturated rings. The van der Waals surface area contributed by atoms with Gasteiger partial charge in [-0.1, -0.05) is 6.07 Å². The summed E-state index contributed by atoms with van der Waals surface area (Å²) in [7, 11) is -2.05. The number of ether oxygens (including phenoxy) is 1. The van der Waals surface area contributed by atoms with Crippen LogP contribution >= 0.6 is 0 Å². The SMILES string of the molecule is COCCN1C(=O)CCc2cc(NS(=O)(=O)c3ccc4c(c3)CCC4)ccc21. The summed E-state index contributed by atoms with van der Waals surface area (Å²) in [5.74, 6) is 0.0658. The van der Waals surface area contributed by atoms with Crippen molar-refractivity contribution in [1.82, 2.24) is 0 Å². The maximum Gasteiger partial charge on any atom is 0.261 e. The molecule has 0 aromatic heterocycles.